The summed E-state index contributed by atoms with van der Waals surface area (Å²) >= 11 is 1.59. The maximum absolute atomic E-state index is 11.3. The smallest absolute Gasteiger partial charge is 0.310 e. The maximum atomic E-state index is 11.3. The van der Waals surface area contributed by atoms with Gasteiger partial charge in [-0.15, -0.1) is 11.3 Å². The van der Waals surface area contributed by atoms with Crippen LogP contribution >= 0.6 is 11.3 Å². The van der Waals surface area contributed by atoms with Crippen LogP contribution in [0.1, 0.15) is 17.4 Å². The second-order valence-electron chi connectivity index (χ2n) is 3.90. The molecule has 1 unspecified atom stereocenters. The Labute approximate surface area is 91.7 Å². The predicted molar refractivity (Wildman–Crippen MR) is 57.6 cm³/mol. The Morgan fingerprint density at radius 3 is 2.67 bits per heavy atom. The Hall–Kier alpha value is -1.36. The van der Waals surface area contributed by atoms with Gasteiger partial charge in [-0.3, -0.25) is 9.59 Å². The van der Waals surface area contributed by atoms with Gasteiger partial charge in [-0.1, -0.05) is 0 Å². The van der Waals surface area contributed by atoms with E-state index < -0.39 is 17.4 Å². The van der Waals surface area contributed by atoms with E-state index in [0.29, 0.717) is 6.54 Å². The summed E-state index contributed by atoms with van der Waals surface area (Å²) in [5.74, 6) is -1.11. The molecule has 2 rings (SSSR count). The van der Waals surface area contributed by atoms with E-state index >= 15 is 0 Å². The molecule has 15 heavy (non-hydrogen) atoms. The van der Waals surface area contributed by atoms with E-state index in [1.54, 1.807) is 11.3 Å². The van der Waals surface area contributed by atoms with Crippen LogP contribution in [0, 0.1) is 6.92 Å². The summed E-state index contributed by atoms with van der Waals surface area (Å²) in [7, 11) is 0. The first kappa shape index (κ1) is 10.2. The van der Waals surface area contributed by atoms with E-state index in [9.17, 15) is 9.59 Å². The van der Waals surface area contributed by atoms with E-state index in [4.69, 9.17) is 0 Å². The average molecular weight is 224 g/mol. The van der Waals surface area contributed by atoms with Crippen LogP contribution in [0.4, 0.5) is 0 Å². The lowest BCUT2D eigenvalue weighted by Crippen LogP contribution is -2.60. The summed E-state index contributed by atoms with van der Waals surface area (Å²) in [4.78, 5) is 23.4. The summed E-state index contributed by atoms with van der Waals surface area (Å²) < 4.78 is 0. The van der Waals surface area contributed by atoms with Crippen LogP contribution in [0.15, 0.2) is 11.4 Å². The molecule has 0 radical (unpaired) electrons. The Morgan fingerprint density at radius 2 is 2.13 bits per heavy atom. The minimum absolute atomic E-state index is 0.443. The van der Waals surface area contributed by atoms with Crippen molar-refractivity contribution in [2.45, 2.75) is 19.4 Å². The molecule has 2 N–H and O–H groups in total. The number of nitrogens with one attached hydrogen (secondary N) is 2. The summed E-state index contributed by atoms with van der Waals surface area (Å²) in [5.41, 5.74) is 0.669. The number of aryl methyl sites for hydroxylation is 1. The number of piperazine rings is 1. The lowest BCUT2D eigenvalue weighted by molar-refractivity contribution is -0.142. The van der Waals surface area contributed by atoms with Crippen LogP contribution in [-0.4, -0.2) is 18.4 Å². The van der Waals surface area contributed by atoms with Crippen molar-refractivity contribution in [3.8, 4) is 0 Å². The molecule has 0 aromatic carbocycles. The maximum Gasteiger partial charge on any atom is 0.310 e. The molecule has 5 heteroatoms. The fraction of sp³-hybridized carbons (Fsp3) is 0.400. The summed E-state index contributed by atoms with van der Waals surface area (Å²) in [5, 5.41) is 7.32. The van der Waals surface area contributed by atoms with Gasteiger partial charge < -0.3 is 10.6 Å². The number of hydrogen-bond acceptors (Lipinski definition) is 3. The molecule has 4 nitrogen and oxygen atoms in total. The number of carbonyl (C=O) groups excluding carboxylic acids is 2. The number of thiophene rings is 1. The van der Waals surface area contributed by atoms with Crippen LogP contribution in [0.2, 0.25) is 0 Å². The minimum Gasteiger partial charge on any atom is -0.345 e. The van der Waals surface area contributed by atoms with Crippen molar-refractivity contribution in [1.29, 1.82) is 0 Å². The Balaban J connectivity index is 2.32. The lowest BCUT2D eigenvalue weighted by atomic mass is 9.95. The van der Waals surface area contributed by atoms with E-state index in [2.05, 4.69) is 10.6 Å². The summed E-state index contributed by atoms with van der Waals surface area (Å²) in [6.45, 7) is 4.36. The molecule has 1 aromatic heterocycles. The van der Waals surface area contributed by atoms with E-state index in [1.165, 1.54) is 0 Å². The second kappa shape index (κ2) is 3.34. The highest BCUT2D eigenvalue weighted by Gasteiger charge is 2.37. The molecule has 1 fully saturated rings. The zero-order chi connectivity index (χ0) is 11.1. The van der Waals surface area contributed by atoms with Gasteiger partial charge in [0, 0.05) is 11.4 Å². The zero-order valence-electron chi connectivity index (χ0n) is 8.59. The first-order chi connectivity index (χ1) is 7.03. The molecule has 1 atom stereocenters. The molecule has 80 valence electrons. The minimum atomic E-state index is -0.559. The number of carbonyl (C=O) groups is 2. The monoisotopic (exact) mass is 224 g/mol. The molecular formula is C10H12N2O2S. The van der Waals surface area contributed by atoms with Crippen molar-refractivity contribution in [3.63, 3.8) is 0 Å². The number of hydrogen-bond donors (Lipinski definition) is 2. The van der Waals surface area contributed by atoms with E-state index in [1.807, 2.05) is 25.3 Å². The highest BCUT2D eigenvalue weighted by Crippen LogP contribution is 2.29. The Kier molecular flexibility index (Phi) is 2.26. The largest absolute Gasteiger partial charge is 0.345 e. The van der Waals surface area contributed by atoms with Gasteiger partial charge in [0.15, 0.2) is 0 Å². The van der Waals surface area contributed by atoms with Gasteiger partial charge in [-0.05, 0) is 30.9 Å². The quantitative estimate of drug-likeness (QED) is 0.683. The molecule has 0 spiro atoms. The van der Waals surface area contributed by atoms with Crippen LogP contribution in [0.5, 0.6) is 0 Å². The van der Waals surface area contributed by atoms with Crippen molar-refractivity contribution in [2.75, 3.05) is 6.54 Å². The standard InChI is InChI=1S/C10H12N2O2S/c1-6-3-4-15-7(6)10(2)5-11-8(13)9(14)12-10/h3-4H,5H2,1-2H3,(H,11,13)(H,12,14). The third-order valence-electron chi connectivity index (χ3n) is 2.56. The molecule has 1 aromatic rings. The molecule has 1 saturated heterocycles. The molecular weight excluding hydrogens is 212 g/mol. The zero-order valence-corrected chi connectivity index (χ0v) is 9.40. The van der Waals surface area contributed by atoms with E-state index in [-0.39, 0.29) is 0 Å². The van der Waals surface area contributed by atoms with Crippen molar-refractivity contribution in [3.05, 3.63) is 21.9 Å². The SMILES string of the molecule is Cc1ccsc1C1(C)CNC(=O)C(=O)N1. The lowest BCUT2D eigenvalue weighted by Gasteiger charge is -2.34. The number of rotatable bonds is 1. The Bertz CT molecular complexity index is 427. The molecule has 2 amide bonds. The summed E-state index contributed by atoms with van der Waals surface area (Å²) in [6.07, 6.45) is 0. The summed E-state index contributed by atoms with van der Waals surface area (Å²) in [6, 6.07) is 2.01. The van der Waals surface area contributed by atoms with Gasteiger partial charge in [0.2, 0.25) is 0 Å². The van der Waals surface area contributed by atoms with Crippen molar-refractivity contribution in [1.82, 2.24) is 10.6 Å². The normalized spacial score (nSPS) is 26.0. The van der Waals surface area contributed by atoms with Gasteiger partial charge >= 0.3 is 11.8 Å². The molecule has 1 aliphatic heterocycles. The second-order valence-corrected chi connectivity index (χ2v) is 4.82. The average Bonchev–Trinajstić information content (AvgIpc) is 2.59. The molecule has 1 aliphatic rings. The van der Waals surface area contributed by atoms with Crippen molar-refractivity contribution in [2.24, 2.45) is 0 Å². The highest BCUT2D eigenvalue weighted by molar-refractivity contribution is 7.10. The van der Waals surface area contributed by atoms with E-state index in [0.717, 1.165) is 10.4 Å². The third-order valence-corrected chi connectivity index (χ3v) is 3.84. The van der Waals surface area contributed by atoms with Crippen molar-refractivity contribution < 1.29 is 9.59 Å². The highest BCUT2D eigenvalue weighted by atomic mass is 32.1. The van der Waals surface area contributed by atoms with Gasteiger partial charge in [0.25, 0.3) is 0 Å². The fourth-order valence-corrected chi connectivity index (χ4v) is 2.81. The topological polar surface area (TPSA) is 58.2 Å². The van der Waals surface area contributed by atoms with Crippen molar-refractivity contribution >= 4 is 23.2 Å². The third kappa shape index (κ3) is 1.63. The molecule has 0 aliphatic carbocycles. The van der Waals surface area contributed by atoms with Gasteiger partial charge in [0.1, 0.15) is 0 Å². The van der Waals surface area contributed by atoms with Gasteiger partial charge in [-0.25, -0.2) is 0 Å². The fourth-order valence-electron chi connectivity index (χ4n) is 1.76. The van der Waals surface area contributed by atoms with Crippen LogP contribution in [0.3, 0.4) is 0 Å². The van der Waals surface area contributed by atoms with Gasteiger partial charge in [0.05, 0.1) is 5.54 Å². The van der Waals surface area contributed by atoms with Crippen LogP contribution < -0.4 is 10.6 Å². The van der Waals surface area contributed by atoms with Crippen LogP contribution in [-0.2, 0) is 15.1 Å². The molecule has 2 heterocycles. The predicted octanol–water partition coefficient (Wildman–Crippen LogP) is 0.518. The first-order valence-corrected chi connectivity index (χ1v) is 5.56. The number of amides is 2. The first-order valence-electron chi connectivity index (χ1n) is 4.68. The van der Waals surface area contributed by atoms with Gasteiger partial charge in [-0.2, -0.15) is 0 Å². The molecule has 0 saturated carbocycles. The molecule has 0 bridgehead atoms. The van der Waals surface area contributed by atoms with Crippen LogP contribution in [0.25, 0.3) is 0 Å². The Morgan fingerprint density at radius 1 is 1.40 bits per heavy atom.